The van der Waals surface area contributed by atoms with Gasteiger partial charge in [0.05, 0.1) is 7.11 Å². The van der Waals surface area contributed by atoms with Crippen LogP contribution in [0.4, 0.5) is 0 Å². The van der Waals surface area contributed by atoms with Crippen molar-refractivity contribution in [1.82, 2.24) is 10.2 Å². The van der Waals surface area contributed by atoms with E-state index in [1.165, 1.54) is 63.7 Å². The van der Waals surface area contributed by atoms with E-state index in [9.17, 15) is 0 Å². The summed E-state index contributed by atoms with van der Waals surface area (Å²) in [6.07, 6.45) is 8.17. The lowest BCUT2D eigenvalue weighted by Gasteiger charge is -2.40. The van der Waals surface area contributed by atoms with Crippen LogP contribution in [0.3, 0.4) is 0 Å². The molecule has 3 rings (SSSR count). The van der Waals surface area contributed by atoms with E-state index < -0.39 is 0 Å². The number of hydrogen-bond donors (Lipinski definition) is 1. The SMILES string of the molecule is COc1ccc(CN2CCCNC3(CCCCC3)C2)cc1. The molecule has 0 bridgehead atoms. The first kappa shape index (κ1) is 14.9. The van der Waals surface area contributed by atoms with E-state index in [0.717, 1.165) is 12.3 Å². The maximum absolute atomic E-state index is 5.25. The van der Waals surface area contributed by atoms with Crippen LogP contribution in [0.15, 0.2) is 24.3 Å². The molecule has 21 heavy (non-hydrogen) atoms. The molecule has 0 aromatic heterocycles. The average Bonchev–Trinajstić information content (AvgIpc) is 2.71. The zero-order chi connectivity index (χ0) is 14.5. The van der Waals surface area contributed by atoms with Crippen LogP contribution in [0.1, 0.15) is 44.1 Å². The van der Waals surface area contributed by atoms with Crippen molar-refractivity contribution in [2.75, 3.05) is 26.7 Å². The van der Waals surface area contributed by atoms with Gasteiger partial charge in [0, 0.05) is 18.6 Å². The zero-order valence-corrected chi connectivity index (χ0v) is 13.2. The number of ether oxygens (including phenoxy) is 1. The van der Waals surface area contributed by atoms with Crippen molar-refractivity contribution in [2.45, 2.75) is 50.6 Å². The third-order valence-electron chi connectivity index (χ3n) is 5.05. The topological polar surface area (TPSA) is 24.5 Å². The lowest BCUT2D eigenvalue weighted by molar-refractivity contribution is 0.159. The molecule has 0 radical (unpaired) electrons. The monoisotopic (exact) mass is 288 g/mol. The van der Waals surface area contributed by atoms with Gasteiger partial charge in [0.25, 0.3) is 0 Å². The molecular formula is C18H28N2O. The van der Waals surface area contributed by atoms with Crippen molar-refractivity contribution in [3.63, 3.8) is 0 Å². The minimum atomic E-state index is 0.390. The van der Waals surface area contributed by atoms with Gasteiger partial charge in [-0.1, -0.05) is 31.4 Å². The Morgan fingerprint density at radius 1 is 1.10 bits per heavy atom. The van der Waals surface area contributed by atoms with Crippen LogP contribution in [0.2, 0.25) is 0 Å². The van der Waals surface area contributed by atoms with Crippen molar-refractivity contribution in [2.24, 2.45) is 0 Å². The van der Waals surface area contributed by atoms with Crippen LogP contribution in [0, 0.1) is 0 Å². The van der Waals surface area contributed by atoms with E-state index in [2.05, 4.69) is 34.5 Å². The van der Waals surface area contributed by atoms with Crippen molar-refractivity contribution in [3.05, 3.63) is 29.8 Å². The molecule has 2 aliphatic rings. The Balaban J connectivity index is 1.65. The first-order valence-corrected chi connectivity index (χ1v) is 8.40. The first-order valence-electron chi connectivity index (χ1n) is 8.40. The Morgan fingerprint density at radius 3 is 2.57 bits per heavy atom. The van der Waals surface area contributed by atoms with Crippen LogP contribution in [-0.2, 0) is 6.54 Å². The van der Waals surface area contributed by atoms with Gasteiger partial charge in [-0.15, -0.1) is 0 Å². The molecule has 1 saturated carbocycles. The van der Waals surface area contributed by atoms with Crippen molar-refractivity contribution in [1.29, 1.82) is 0 Å². The Morgan fingerprint density at radius 2 is 1.86 bits per heavy atom. The number of rotatable bonds is 3. The van der Waals surface area contributed by atoms with Gasteiger partial charge in [-0.05, 0) is 50.0 Å². The third kappa shape index (κ3) is 3.78. The van der Waals surface area contributed by atoms with E-state index in [4.69, 9.17) is 4.74 Å². The molecule has 1 saturated heterocycles. The molecule has 1 aliphatic carbocycles. The summed E-state index contributed by atoms with van der Waals surface area (Å²) >= 11 is 0. The normalized spacial score (nSPS) is 22.9. The summed E-state index contributed by atoms with van der Waals surface area (Å²) < 4.78 is 5.25. The smallest absolute Gasteiger partial charge is 0.118 e. The second-order valence-electron chi connectivity index (χ2n) is 6.68. The van der Waals surface area contributed by atoms with Gasteiger partial charge in [0.1, 0.15) is 5.75 Å². The molecule has 2 fully saturated rings. The summed E-state index contributed by atoms with van der Waals surface area (Å²) in [5.41, 5.74) is 1.78. The third-order valence-corrected chi connectivity index (χ3v) is 5.05. The fourth-order valence-electron chi connectivity index (χ4n) is 3.91. The first-order chi connectivity index (χ1) is 10.3. The molecule has 3 heteroatoms. The standard InChI is InChI=1S/C18H28N2O/c1-21-17-8-6-16(7-9-17)14-20-13-5-12-19-18(15-20)10-3-2-4-11-18/h6-9,19H,2-5,10-15H2,1H3. The maximum Gasteiger partial charge on any atom is 0.118 e. The molecule has 3 nitrogen and oxygen atoms in total. The highest BCUT2D eigenvalue weighted by molar-refractivity contribution is 5.27. The number of benzene rings is 1. The van der Waals surface area contributed by atoms with E-state index >= 15 is 0 Å². The number of nitrogens with one attached hydrogen (secondary N) is 1. The van der Waals surface area contributed by atoms with Gasteiger partial charge in [-0.25, -0.2) is 0 Å². The summed E-state index contributed by atoms with van der Waals surface area (Å²) in [6, 6.07) is 8.54. The summed E-state index contributed by atoms with van der Waals surface area (Å²) in [6.45, 7) is 4.66. The van der Waals surface area contributed by atoms with Crippen LogP contribution < -0.4 is 10.1 Å². The second kappa shape index (κ2) is 6.80. The zero-order valence-electron chi connectivity index (χ0n) is 13.2. The molecule has 1 N–H and O–H groups in total. The van der Waals surface area contributed by atoms with Gasteiger partial charge in [-0.2, -0.15) is 0 Å². The molecule has 0 unspecified atom stereocenters. The van der Waals surface area contributed by atoms with Gasteiger partial charge in [0.15, 0.2) is 0 Å². The lowest BCUT2D eigenvalue weighted by atomic mass is 9.81. The van der Waals surface area contributed by atoms with Gasteiger partial charge in [-0.3, -0.25) is 4.90 Å². The molecule has 0 amide bonds. The van der Waals surface area contributed by atoms with Gasteiger partial charge < -0.3 is 10.1 Å². The highest BCUT2D eigenvalue weighted by Crippen LogP contribution is 2.30. The molecule has 1 aromatic carbocycles. The predicted molar refractivity (Wildman–Crippen MR) is 86.7 cm³/mol. The number of nitrogens with zero attached hydrogens (tertiary/aromatic N) is 1. The Hall–Kier alpha value is -1.06. The van der Waals surface area contributed by atoms with Gasteiger partial charge in [0.2, 0.25) is 0 Å². The molecule has 1 aromatic rings. The maximum atomic E-state index is 5.25. The highest BCUT2D eigenvalue weighted by Gasteiger charge is 2.34. The molecule has 1 heterocycles. The molecule has 116 valence electrons. The Bertz CT molecular complexity index is 437. The molecule has 0 atom stereocenters. The van der Waals surface area contributed by atoms with E-state index in [-0.39, 0.29) is 0 Å². The highest BCUT2D eigenvalue weighted by atomic mass is 16.5. The molecular weight excluding hydrogens is 260 g/mol. The fraction of sp³-hybridized carbons (Fsp3) is 0.667. The quantitative estimate of drug-likeness (QED) is 0.924. The number of methoxy groups -OCH3 is 1. The molecule has 1 aliphatic heterocycles. The van der Waals surface area contributed by atoms with E-state index in [1.807, 2.05) is 0 Å². The lowest BCUT2D eigenvalue weighted by Crippen LogP contribution is -2.52. The van der Waals surface area contributed by atoms with Crippen molar-refractivity contribution in [3.8, 4) is 5.75 Å². The Labute approximate surface area is 128 Å². The summed E-state index contributed by atoms with van der Waals surface area (Å²) in [5, 5.41) is 3.87. The van der Waals surface area contributed by atoms with Crippen LogP contribution in [0.25, 0.3) is 0 Å². The predicted octanol–water partition coefficient (Wildman–Crippen LogP) is 3.19. The fourth-order valence-corrected chi connectivity index (χ4v) is 3.91. The van der Waals surface area contributed by atoms with Crippen LogP contribution in [0.5, 0.6) is 5.75 Å². The summed E-state index contributed by atoms with van der Waals surface area (Å²) in [5.74, 6) is 0.944. The largest absolute Gasteiger partial charge is 0.497 e. The Kier molecular flexibility index (Phi) is 4.81. The summed E-state index contributed by atoms with van der Waals surface area (Å²) in [7, 11) is 1.72. The average molecular weight is 288 g/mol. The molecule has 1 spiro atoms. The summed E-state index contributed by atoms with van der Waals surface area (Å²) in [4.78, 5) is 2.65. The van der Waals surface area contributed by atoms with Crippen LogP contribution >= 0.6 is 0 Å². The van der Waals surface area contributed by atoms with Gasteiger partial charge >= 0.3 is 0 Å². The van der Waals surface area contributed by atoms with E-state index in [0.29, 0.717) is 5.54 Å². The van der Waals surface area contributed by atoms with Crippen molar-refractivity contribution >= 4 is 0 Å². The van der Waals surface area contributed by atoms with Crippen LogP contribution in [-0.4, -0.2) is 37.2 Å². The van der Waals surface area contributed by atoms with E-state index in [1.54, 1.807) is 7.11 Å². The van der Waals surface area contributed by atoms with Crippen molar-refractivity contribution < 1.29 is 4.74 Å². The number of hydrogen-bond acceptors (Lipinski definition) is 3. The second-order valence-corrected chi connectivity index (χ2v) is 6.68. The minimum absolute atomic E-state index is 0.390. The minimum Gasteiger partial charge on any atom is -0.497 e.